The zero-order chi connectivity index (χ0) is 20.1. The molecule has 0 unspecified atom stereocenters. The highest BCUT2D eigenvalue weighted by Crippen LogP contribution is 2.27. The van der Waals surface area contributed by atoms with E-state index in [4.69, 9.17) is 5.73 Å². The quantitative estimate of drug-likeness (QED) is 0.582. The van der Waals surface area contributed by atoms with Crippen LogP contribution in [0.15, 0.2) is 48.5 Å². The number of nitrogens with one attached hydrogen (secondary N) is 1. The van der Waals surface area contributed by atoms with E-state index in [1.165, 1.54) is 12.1 Å². The summed E-state index contributed by atoms with van der Waals surface area (Å²) in [4.78, 5) is 24.7. The number of nitro benzene ring substituents is 1. The van der Waals surface area contributed by atoms with Gasteiger partial charge in [-0.3, -0.25) is 14.9 Å². The van der Waals surface area contributed by atoms with Crippen molar-refractivity contribution in [2.24, 2.45) is 5.73 Å². The van der Waals surface area contributed by atoms with E-state index in [2.05, 4.69) is 5.32 Å². The van der Waals surface area contributed by atoms with Gasteiger partial charge in [0.2, 0.25) is 5.91 Å². The van der Waals surface area contributed by atoms with Crippen molar-refractivity contribution < 1.29 is 9.72 Å². The Labute approximate surface area is 162 Å². The molecule has 1 heterocycles. The van der Waals surface area contributed by atoms with E-state index in [0.717, 1.165) is 5.56 Å². The highest BCUT2D eigenvalue weighted by molar-refractivity contribution is 5.82. The predicted octanol–water partition coefficient (Wildman–Crippen LogP) is 1.73. The molecule has 1 aliphatic heterocycles. The molecule has 1 amide bonds. The van der Waals surface area contributed by atoms with Crippen molar-refractivity contribution in [2.45, 2.75) is 24.9 Å². The summed E-state index contributed by atoms with van der Waals surface area (Å²) in [6.07, 6.45) is 1.18. The Kier molecular flexibility index (Phi) is 5.87. The topological polar surface area (TPSA) is 125 Å². The molecule has 0 bridgehead atoms. The monoisotopic (exact) mass is 379 g/mol. The van der Waals surface area contributed by atoms with Crippen LogP contribution in [0, 0.1) is 21.4 Å². The van der Waals surface area contributed by atoms with Crippen LogP contribution in [0.5, 0.6) is 0 Å². The van der Waals surface area contributed by atoms with Crippen molar-refractivity contribution in [3.8, 4) is 6.07 Å². The SMILES string of the molecule is N#Cc1cc([N+](=O)[O-])ccc1N1CC[C@H](NC(=O)[C@@H](N)Cc2ccccc2)C1. The lowest BCUT2D eigenvalue weighted by Gasteiger charge is -2.21. The molecule has 0 aliphatic carbocycles. The Morgan fingerprint density at radius 2 is 2.11 bits per heavy atom. The fourth-order valence-electron chi connectivity index (χ4n) is 3.37. The Morgan fingerprint density at radius 3 is 2.79 bits per heavy atom. The minimum Gasteiger partial charge on any atom is -0.368 e. The number of amides is 1. The van der Waals surface area contributed by atoms with E-state index in [1.54, 1.807) is 6.07 Å². The number of nitriles is 1. The van der Waals surface area contributed by atoms with Gasteiger partial charge in [-0.15, -0.1) is 0 Å². The predicted molar refractivity (Wildman–Crippen MR) is 105 cm³/mol. The van der Waals surface area contributed by atoms with Gasteiger partial charge in [-0.05, 0) is 24.5 Å². The average molecular weight is 379 g/mol. The summed E-state index contributed by atoms with van der Waals surface area (Å²) in [5, 5.41) is 23.2. The van der Waals surface area contributed by atoms with Crippen LogP contribution >= 0.6 is 0 Å². The van der Waals surface area contributed by atoms with Crippen molar-refractivity contribution in [3.05, 3.63) is 69.8 Å². The molecule has 144 valence electrons. The normalized spacial score (nSPS) is 17.0. The summed E-state index contributed by atoms with van der Waals surface area (Å²) < 4.78 is 0. The van der Waals surface area contributed by atoms with Crippen molar-refractivity contribution in [3.63, 3.8) is 0 Å². The molecule has 0 aromatic heterocycles. The number of carbonyl (C=O) groups is 1. The Hall–Kier alpha value is -3.44. The number of hydrogen-bond acceptors (Lipinski definition) is 6. The van der Waals surface area contributed by atoms with E-state index in [1.807, 2.05) is 41.3 Å². The highest BCUT2D eigenvalue weighted by Gasteiger charge is 2.27. The van der Waals surface area contributed by atoms with E-state index in [9.17, 15) is 20.2 Å². The van der Waals surface area contributed by atoms with Crippen LogP contribution in [0.2, 0.25) is 0 Å². The van der Waals surface area contributed by atoms with Crippen LogP contribution in [-0.2, 0) is 11.2 Å². The molecule has 1 saturated heterocycles. The van der Waals surface area contributed by atoms with Gasteiger partial charge in [-0.2, -0.15) is 5.26 Å². The molecule has 1 fully saturated rings. The molecule has 2 aromatic carbocycles. The number of nitrogens with two attached hydrogens (primary N) is 1. The summed E-state index contributed by atoms with van der Waals surface area (Å²) in [7, 11) is 0. The van der Waals surface area contributed by atoms with E-state index < -0.39 is 11.0 Å². The van der Waals surface area contributed by atoms with Gasteiger partial charge in [-0.25, -0.2) is 0 Å². The summed E-state index contributed by atoms with van der Waals surface area (Å²) >= 11 is 0. The first-order valence-corrected chi connectivity index (χ1v) is 9.01. The average Bonchev–Trinajstić information content (AvgIpc) is 3.16. The third-order valence-electron chi connectivity index (χ3n) is 4.82. The fourth-order valence-corrected chi connectivity index (χ4v) is 3.37. The molecule has 0 saturated carbocycles. The van der Waals surface area contributed by atoms with Crippen LogP contribution < -0.4 is 16.0 Å². The van der Waals surface area contributed by atoms with Crippen molar-refractivity contribution in [1.82, 2.24) is 5.32 Å². The van der Waals surface area contributed by atoms with Crippen LogP contribution in [0.25, 0.3) is 0 Å². The number of nitrogens with zero attached hydrogens (tertiary/aromatic N) is 3. The standard InChI is InChI=1S/C20H21N5O3/c21-12-15-11-17(25(27)28)6-7-19(15)24-9-8-16(13-24)23-20(26)18(22)10-14-4-2-1-3-5-14/h1-7,11,16,18H,8-10,13,22H2,(H,23,26)/t16-,18-/m0/s1. The smallest absolute Gasteiger partial charge is 0.270 e. The van der Waals surface area contributed by atoms with Gasteiger partial charge in [0.15, 0.2) is 0 Å². The summed E-state index contributed by atoms with van der Waals surface area (Å²) in [5.41, 5.74) is 7.81. The number of benzene rings is 2. The van der Waals surface area contributed by atoms with Crippen molar-refractivity contribution in [1.29, 1.82) is 5.26 Å². The number of hydrogen-bond donors (Lipinski definition) is 2. The van der Waals surface area contributed by atoms with Crippen LogP contribution in [0.3, 0.4) is 0 Å². The molecule has 8 nitrogen and oxygen atoms in total. The molecule has 3 rings (SSSR count). The van der Waals surface area contributed by atoms with Gasteiger partial charge in [0.25, 0.3) is 5.69 Å². The molecular formula is C20H21N5O3. The van der Waals surface area contributed by atoms with Gasteiger partial charge < -0.3 is 16.0 Å². The molecule has 28 heavy (non-hydrogen) atoms. The zero-order valence-corrected chi connectivity index (χ0v) is 15.2. The van der Waals surface area contributed by atoms with Gasteiger partial charge in [-0.1, -0.05) is 30.3 Å². The van der Waals surface area contributed by atoms with Crippen molar-refractivity contribution in [2.75, 3.05) is 18.0 Å². The lowest BCUT2D eigenvalue weighted by Crippen LogP contribution is -2.47. The van der Waals surface area contributed by atoms with Gasteiger partial charge in [0.05, 0.1) is 22.2 Å². The van der Waals surface area contributed by atoms with Gasteiger partial charge in [0, 0.05) is 31.3 Å². The first-order chi connectivity index (χ1) is 13.5. The summed E-state index contributed by atoms with van der Waals surface area (Å²) in [6, 6.07) is 15.1. The van der Waals surface area contributed by atoms with E-state index in [0.29, 0.717) is 31.6 Å². The Balaban J connectivity index is 1.60. The first-order valence-electron chi connectivity index (χ1n) is 9.01. The maximum Gasteiger partial charge on any atom is 0.270 e. The maximum atomic E-state index is 12.4. The lowest BCUT2D eigenvalue weighted by molar-refractivity contribution is -0.384. The molecule has 1 aliphatic rings. The second kappa shape index (κ2) is 8.50. The van der Waals surface area contributed by atoms with Crippen LogP contribution in [0.4, 0.5) is 11.4 Å². The largest absolute Gasteiger partial charge is 0.368 e. The van der Waals surface area contributed by atoms with Gasteiger partial charge >= 0.3 is 0 Å². The minimum atomic E-state index is -0.634. The number of non-ortho nitro benzene ring substituents is 1. The van der Waals surface area contributed by atoms with Crippen LogP contribution in [0.1, 0.15) is 17.5 Å². The second-order valence-corrected chi connectivity index (χ2v) is 6.81. The molecule has 8 heteroatoms. The lowest BCUT2D eigenvalue weighted by atomic mass is 10.1. The third-order valence-corrected chi connectivity index (χ3v) is 4.82. The summed E-state index contributed by atoms with van der Waals surface area (Å²) in [5.74, 6) is -0.208. The van der Waals surface area contributed by atoms with E-state index in [-0.39, 0.29) is 23.2 Å². The molecule has 3 N–H and O–H groups in total. The zero-order valence-electron chi connectivity index (χ0n) is 15.2. The van der Waals surface area contributed by atoms with E-state index >= 15 is 0 Å². The maximum absolute atomic E-state index is 12.4. The van der Waals surface area contributed by atoms with Crippen LogP contribution in [-0.4, -0.2) is 36.0 Å². The number of nitro groups is 1. The first kappa shape index (κ1) is 19.3. The molecular weight excluding hydrogens is 358 g/mol. The number of anilines is 1. The molecule has 0 spiro atoms. The summed E-state index contributed by atoms with van der Waals surface area (Å²) in [6.45, 7) is 1.17. The Bertz CT molecular complexity index is 910. The minimum absolute atomic E-state index is 0.0870. The Morgan fingerprint density at radius 1 is 1.36 bits per heavy atom. The van der Waals surface area contributed by atoms with Crippen molar-refractivity contribution >= 4 is 17.3 Å². The fraction of sp³-hybridized carbons (Fsp3) is 0.300. The number of rotatable bonds is 6. The highest BCUT2D eigenvalue weighted by atomic mass is 16.6. The molecule has 0 radical (unpaired) electrons. The number of carbonyl (C=O) groups excluding carboxylic acids is 1. The molecule has 2 aromatic rings. The second-order valence-electron chi connectivity index (χ2n) is 6.81. The van der Waals surface area contributed by atoms with Gasteiger partial charge in [0.1, 0.15) is 6.07 Å². The third kappa shape index (κ3) is 4.45. The molecule has 2 atom stereocenters.